The number of nitrogens with one attached hydrogen (secondary N) is 1. The lowest BCUT2D eigenvalue weighted by Crippen LogP contribution is -2.25. The van der Waals surface area contributed by atoms with Gasteiger partial charge in [0.15, 0.2) is 5.82 Å². The molecule has 1 aliphatic heterocycles. The van der Waals surface area contributed by atoms with E-state index < -0.39 is 0 Å². The van der Waals surface area contributed by atoms with E-state index in [4.69, 9.17) is 9.26 Å². The van der Waals surface area contributed by atoms with Gasteiger partial charge < -0.3 is 14.6 Å². The van der Waals surface area contributed by atoms with Crippen LogP contribution in [0.25, 0.3) is 0 Å². The molecule has 0 spiro atoms. The highest BCUT2D eigenvalue weighted by Crippen LogP contribution is 2.26. The molecular weight excluding hydrogens is 310 g/mol. The molecular formula is C16H23N5O3. The minimum absolute atomic E-state index is 0.113. The Hall–Kier alpha value is -2.22. The first-order valence-electron chi connectivity index (χ1n) is 8.28. The summed E-state index contributed by atoms with van der Waals surface area (Å²) < 4.78 is 12.3. The fourth-order valence-corrected chi connectivity index (χ4v) is 2.75. The number of ether oxygens (including phenoxy) is 1. The largest absolute Gasteiger partial charge is 0.368 e. The van der Waals surface area contributed by atoms with Crippen LogP contribution in [-0.4, -0.2) is 32.4 Å². The Labute approximate surface area is 140 Å². The van der Waals surface area contributed by atoms with Crippen molar-refractivity contribution in [1.29, 1.82) is 0 Å². The van der Waals surface area contributed by atoms with E-state index in [9.17, 15) is 4.79 Å². The fraction of sp³-hybridized carbons (Fsp3) is 0.625. The van der Waals surface area contributed by atoms with Gasteiger partial charge in [-0.2, -0.15) is 10.1 Å². The minimum Gasteiger partial charge on any atom is -0.368 e. The highest BCUT2D eigenvalue weighted by atomic mass is 16.5. The zero-order valence-electron chi connectivity index (χ0n) is 14.3. The van der Waals surface area contributed by atoms with Gasteiger partial charge in [0.2, 0.25) is 0 Å². The summed E-state index contributed by atoms with van der Waals surface area (Å²) in [6.07, 6.45) is 2.62. The van der Waals surface area contributed by atoms with Crippen molar-refractivity contribution in [2.75, 3.05) is 6.61 Å². The predicted octanol–water partition coefficient (Wildman–Crippen LogP) is 1.78. The molecule has 1 N–H and O–H groups in total. The van der Waals surface area contributed by atoms with Crippen LogP contribution in [0.3, 0.4) is 0 Å². The molecule has 8 nitrogen and oxygen atoms in total. The molecule has 1 atom stereocenters. The van der Waals surface area contributed by atoms with Gasteiger partial charge in [-0.05, 0) is 31.2 Å². The summed E-state index contributed by atoms with van der Waals surface area (Å²) in [5.74, 6) is 1.21. The lowest BCUT2D eigenvalue weighted by molar-refractivity contribution is 0.0835. The topological polar surface area (TPSA) is 95.1 Å². The van der Waals surface area contributed by atoms with E-state index in [-0.39, 0.29) is 18.6 Å². The van der Waals surface area contributed by atoms with Gasteiger partial charge in [0.05, 0.1) is 12.2 Å². The van der Waals surface area contributed by atoms with Gasteiger partial charge in [-0.15, -0.1) is 0 Å². The van der Waals surface area contributed by atoms with Crippen molar-refractivity contribution in [3.05, 3.63) is 29.2 Å². The van der Waals surface area contributed by atoms with Crippen molar-refractivity contribution in [3.63, 3.8) is 0 Å². The number of rotatable bonds is 6. The van der Waals surface area contributed by atoms with Crippen LogP contribution in [0.15, 0.2) is 10.6 Å². The van der Waals surface area contributed by atoms with Gasteiger partial charge in [-0.1, -0.05) is 19.0 Å². The third-order valence-electron chi connectivity index (χ3n) is 3.88. The smallest absolute Gasteiger partial charge is 0.269 e. The molecule has 0 radical (unpaired) electrons. The van der Waals surface area contributed by atoms with Crippen LogP contribution < -0.4 is 5.32 Å². The van der Waals surface area contributed by atoms with E-state index in [1.54, 1.807) is 11.7 Å². The van der Waals surface area contributed by atoms with Gasteiger partial charge in [-0.3, -0.25) is 9.48 Å². The maximum absolute atomic E-state index is 12.3. The van der Waals surface area contributed by atoms with Gasteiger partial charge in [0, 0.05) is 13.7 Å². The zero-order valence-corrected chi connectivity index (χ0v) is 14.3. The van der Waals surface area contributed by atoms with E-state index in [2.05, 4.69) is 34.4 Å². The van der Waals surface area contributed by atoms with Crippen LogP contribution in [0.1, 0.15) is 60.7 Å². The van der Waals surface area contributed by atoms with E-state index in [0.29, 0.717) is 23.3 Å². The van der Waals surface area contributed by atoms with E-state index in [1.165, 1.54) is 0 Å². The summed E-state index contributed by atoms with van der Waals surface area (Å²) in [6, 6.07) is 1.82. The second-order valence-electron chi connectivity index (χ2n) is 6.48. The van der Waals surface area contributed by atoms with Gasteiger partial charge in [0.25, 0.3) is 11.8 Å². The number of aryl methyl sites for hydroxylation is 1. The summed E-state index contributed by atoms with van der Waals surface area (Å²) >= 11 is 0. The fourth-order valence-electron chi connectivity index (χ4n) is 2.75. The molecule has 24 heavy (non-hydrogen) atoms. The Morgan fingerprint density at radius 1 is 1.50 bits per heavy atom. The van der Waals surface area contributed by atoms with Gasteiger partial charge in [0.1, 0.15) is 11.8 Å². The minimum atomic E-state index is -0.205. The SMILES string of the molecule is CC(C)Cc1cc(C(=O)NCc2noc([C@@H]3CCCO3)n2)n(C)n1. The molecule has 3 rings (SSSR count). The lowest BCUT2D eigenvalue weighted by Gasteiger charge is -2.02. The number of carbonyl (C=O) groups is 1. The lowest BCUT2D eigenvalue weighted by atomic mass is 10.1. The maximum atomic E-state index is 12.3. The first kappa shape index (κ1) is 16.6. The Kier molecular flexibility index (Phi) is 4.94. The highest BCUT2D eigenvalue weighted by Gasteiger charge is 2.24. The van der Waals surface area contributed by atoms with Crippen molar-refractivity contribution < 1.29 is 14.1 Å². The molecule has 1 saturated heterocycles. The van der Waals surface area contributed by atoms with Crippen molar-refractivity contribution in [2.45, 2.75) is 45.8 Å². The molecule has 2 aromatic rings. The van der Waals surface area contributed by atoms with Crippen LogP contribution in [-0.2, 0) is 24.8 Å². The quantitative estimate of drug-likeness (QED) is 0.866. The molecule has 130 valence electrons. The van der Waals surface area contributed by atoms with Crippen LogP contribution in [0.4, 0.5) is 0 Å². The number of carbonyl (C=O) groups excluding carboxylic acids is 1. The Balaban J connectivity index is 1.58. The van der Waals surface area contributed by atoms with Crippen molar-refractivity contribution in [1.82, 2.24) is 25.2 Å². The summed E-state index contributed by atoms with van der Waals surface area (Å²) in [4.78, 5) is 16.6. The summed E-state index contributed by atoms with van der Waals surface area (Å²) in [5.41, 5.74) is 1.44. The third kappa shape index (κ3) is 3.81. The predicted molar refractivity (Wildman–Crippen MR) is 85.1 cm³/mol. The normalized spacial score (nSPS) is 17.6. The molecule has 0 unspecified atom stereocenters. The number of hydrogen-bond donors (Lipinski definition) is 1. The van der Waals surface area contributed by atoms with Crippen LogP contribution in [0.5, 0.6) is 0 Å². The molecule has 1 aliphatic rings. The van der Waals surface area contributed by atoms with Crippen molar-refractivity contribution >= 4 is 5.91 Å². The molecule has 8 heteroatoms. The molecule has 1 amide bonds. The van der Waals surface area contributed by atoms with Crippen LogP contribution >= 0.6 is 0 Å². The number of amides is 1. The summed E-state index contributed by atoms with van der Waals surface area (Å²) in [6.45, 7) is 5.17. The number of aromatic nitrogens is 4. The number of nitrogens with zero attached hydrogens (tertiary/aromatic N) is 4. The van der Waals surface area contributed by atoms with Gasteiger partial charge in [-0.25, -0.2) is 0 Å². The van der Waals surface area contributed by atoms with Gasteiger partial charge >= 0.3 is 0 Å². The van der Waals surface area contributed by atoms with E-state index in [1.807, 2.05) is 6.07 Å². The molecule has 2 aromatic heterocycles. The first-order chi connectivity index (χ1) is 11.5. The van der Waals surface area contributed by atoms with E-state index >= 15 is 0 Å². The number of hydrogen-bond acceptors (Lipinski definition) is 6. The first-order valence-corrected chi connectivity index (χ1v) is 8.28. The summed E-state index contributed by atoms with van der Waals surface area (Å²) in [7, 11) is 1.77. The Morgan fingerprint density at radius 2 is 2.33 bits per heavy atom. The van der Waals surface area contributed by atoms with E-state index in [0.717, 1.165) is 31.6 Å². The molecule has 0 bridgehead atoms. The third-order valence-corrected chi connectivity index (χ3v) is 3.88. The average molecular weight is 333 g/mol. The average Bonchev–Trinajstić information content (AvgIpc) is 3.24. The standard InChI is InChI=1S/C16H23N5O3/c1-10(2)7-11-8-12(21(3)19-11)15(22)17-9-14-18-16(24-20-14)13-5-4-6-23-13/h8,10,13H,4-7,9H2,1-3H3,(H,17,22)/t13-/m0/s1. The van der Waals surface area contributed by atoms with Crippen LogP contribution in [0.2, 0.25) is 0 Å². The van der Waals surface area contributed by atoms with Crippen molar-refractivity contribution in [2.24, 2.45) is 13.0 Å². The molecule has 3 heterocycles. The molecule has 0 saturated carbocycles. The maximum Gasteiger partial charge on any atom is 0.269 e. The Bertz CT molecular complexity index is 700. The summed E-state index contributed by atoms with van der Waals surface area (Å²) in [5, 5.41) is 11.1. The monoisotopic (exact) mass is 333 g/mol. The zero-order chi connectivity index (χ0) is 17.1. The molecule has 0 aliphatic carbocycles. The second-order valence-corrected chi connectivity index (χ2v) is 6.48. The molecule has 0 aromatic carbocycles. The highest BCUT2D eigenvalue weighted by molar-refractivity contribution is 5.92. The Morgan fingerprint density at radius 3 is 3.04 bits per heavy atom. The van der Waals surface area contributed by atoms with Crippen LogP contribution in [0, 0.1) is 5.92 Å². The second kappa shape index (κ2) is 7.12. The molecule has 1 fully saturated rings. The van der Waals surface area contributed by atoms with Crippen molar-refractivity contribution in [3.8, 4) is 0 Å².